The summed E-state index contributed by atoms with van der Waals surface area (Å²) in [7, 11) is 3.38. The van der Waals surface area contributed by atoms with Crippen LogP contribution in [-0.2, 0) is 6.54 Å². The molecule has 0 spiro atoms. The summed E-state index contributed by atoms with van der Waals surface area (Å²) in [4.78, 5) is 2.57. The molecule has 0 amide bonds. The number of nitrogens with zero attached hydrogens (tertiary/aromatic N) is 5. The van der Waals surface area contributed by atoms with Gasteiger partial charge < -0.3 is 9.47 Å². The first-order chi connectivity index (χ1) is 18.7. The third-order valence-electron chi connectivity index (χ3n) is 8.25. The molecule has 3 heterocycles. The zero-order valence-electron chi connectivity index (χ0n) is 22.1. The maximum absolute atomic E-state index is 5.61. The van der Waals surface area contributed by atoms with Crippen LogP contribution in [0.25, 0.3) is 11.3 Å². The van der Waals surface area contributed by atoms with E-state index in [0.717, 1.165) is 80.2 Å². The second-order valence-corrected chi connectivity index (χ2v) is 11.1. The first-order valence-corrected chi connectivity index (χ1v) is 14.4. The number of methoxy groups -OCH3 is 2. The van der Waals surface area contributed by atoms with E-state index >= 15 is 0 Å². The summed E-state index contributed by atoms with van der Waals surface area (Å²) >= 11 is 1.39. The van der Waals surface area contributed by atoms with Crippen LogP contribution in [0.2, 0.25) is 0 Å². The Morgan fingerprint density at radius 1 is 0.921 bits per heavy atom. The lowest BCUT2D eigenvalue weighted by atomic mass is 9.76. The first kappa shape index (κ1) is 25.1. The van der Waals surface area contributed by atoms with Crippen molar-refractivity contribution in [2.45, 2.75) is 38.3 Å². The van der Waals surface area contributed by atoms with E-state index in [4.69, 9.17) is 14.6 Å². The van der Waals surface area contributed by atoms with Crippen LogP contribution in [0, 0.1) is 11.8 Å². The number of piperidine rings is 1. The van der Waals surface area contributed by atoms with E-state index in [1.54, 1.807) is 14.2 Å². The van der Waals surface area contributed by atoms with Gasteiger partial charge in [0.1, 0.15) is 5.69 Å². The van der Waals surface area contributed by atoms with Crippen molar-refractivity contribution < 1.29 is 9.47 Å². The fraction of sp³-hybridized carbons (Fsp3) is 0.433. The Balaban J connectivity index is 1.14. The van der Waals surface area contributed by atoms with Crippen LogP contribution >= 0.6 is 11.5 Å². The average Bonchev–Trinajstić information content (AvgIpc) is 3.52. The molecule has 3 aromatic rings. The molecule has 6 rings (SSSR count). The lowest BCUT2D eigenvalue weighted by Crippen LogP contribution is -2.48. The fourth-order valence-corrected chi connectivity index (χ4v) is 6.57. The summed E-state index contributed by atoms with van der Waals surface area (Å²) in [6, 6.07) is 15.5. The lowest BCUT2D eigenvalue weighted by molar-refractivity contribution is 0.0788. The molecule has 2 aliphatic heterocycles. The van der Waals surface area contributed by atoms with E-state index < -0.39 is 0 Å². The molecule has 1 fully saturated rings. The van der Waals surface area contributed by atoms with Gasteiger partial charge in [-0.3, -0.25) is 9.91 Å². The molecule has 0 bridgehead atoms. The number of hydrogen-bond acceptors (Lipinski definition) is 8. The molecule has 1 aromatic heterocycles. The Morgan fingerprint density at radius 3 is 2.42 bits per heavy atom. The van der Waals surface area contributed by atoms with Crippen molar-refractivity contribution in [1.29, 1.82) is 0 Å². The van der Waals surface area contributed by atoms with Crippen molar-refractivity contribution in [2.24, 2.45) is 16.9 Å². The molecule has 38 heavy (non-hydrogen) atoms. The van der Waals surface area contributed by atoms with E-state index in [9.17, 15) is 0 Å². The van der Waals surface area contributed by atoms with E-state index in [-0.39, 0.29) is 0 Å². The minimum absolute atomic E-state index is 0.456. The monoisotopic (exact) mass is 529 g/mol. The fourth-order valence-electron chi connectivity index (χ4n) is 6.10. The van der Waals surface area contributed by atoms with Crippen LogP contribution in [0.15, 0.2) is 65.1 Å². The first-order valence-electron chi connectivity index (χ1n) is 13.5. The van der Waals surface area contributed by atoms with Gasteiger partial charge >= 0.3 is 0 Å². The van der Waals surface area contributed by atoms with E-state index in [1.165, 1.54) is 22.8 Å². The maximum Gasteiger partial charge on any atom is 0.161 e. The van der Waals surface area contributed by atoms with E-state index in [1.807, 2.05) is 11.4 Å². The highest BCUT2D eigenvalue weighted by atomic mass is 32.1. The summed E-state index contributed by atoms with van der Waals surface area (Å²) in [6.45, 7) is 4.21. The van der Waals surface area contributed by atoms with Crippen molar-refractivity contribution in [3.8, 4) is 22.8 Å². The molecule has 2 aromatic carbocycles. The molecule has 1 saturated heterocycles. The number of rotatable bonds is 7. The van der Waals surface area contributed by atoms with Crippen molar-refractivity contribution in [3.63, 3.8) is 0 Å². The van der Waals surface area contributed by atoms with Gasteiger partial charge in [0.25, 0.3) is 0 Å². The summed E-state index contributed by atoms with van der Waals surface area (Å²) in [5, 5.41) is 13.9. The highest BCUT2D eigenvalue weighted by Gasteiger charge is 2.36. The quantitative estimate of drug-likeness (QED) is 0.377. The number of hydrogen-bond donors (Lipinski definition) is 0. The van der Waals surface area contributed by atoms with Crippen molar-refractivity contribution >= 4 is 17.2 Å². The SMILES string of the molecule is COc1ccc(C2=NN(C3CCN(Cc4ccc(-c5csnn5)cc4)CC3)C[C@@H]3CC=CC[C@H]23)cc1OC. The maximum atomic E-state index is 5.61. The minimum Gasteiger partial charge on any atom is -0.493 e. The van der Waals surface area contributed by atoms with Gasteiger partial charge in [0.2, 0.25) is 0 Å². The van der Waals surface area contributed by atoms with Crippen LogP contribution in [0.1, 0.15) is 36.8 Å². The van der Waals surface area contributed by atoms with Crippen molar-refractivity contribution in [3.05, 3.63) is 71.1 Å². The third-order valence-corrected chi connectivity index (χ3v) is 8.75. The highest BCUT2D eigenvalue weighted by molar-refractivity contribution is 7.03. The Hall–Kier alpha value is -3.23. The lowest BCUT2D eigenvalue weighted by Gasteiger charge is -2.44. The zero-order valence-corrected chi connectivity index (χ0v) is 22.9. The van der Waals surface area contributed by atoms with Crippen LogP contribution < -0.4 is 9.47 Å². The number of fused-ring (bicyclic) bond motifs is 1. The van der Waals surface area contributed by atoms with Crippen LogP contribution in [0.3, 0.4) is 0 Å². The van der Waals surface area contributed by atoms with Gasteiger partial charge in [0.05, 0.1) is 19.9 Å². The molecule has 0 radical (unpaired) electrons. The summed E-state index contributed by atoms with van der Waals surface area (Å²) in [5.74, 6) is 2.58. The van der Waals surface area contributed by atoms with E-state index in [0.29, 0.717) is 17.9 Å². The predicted molar refractivity (Wildman–Crippen MR) is 152 cm³/mol. The third kappa shape index (κ3) is 5.20. The van der Waals surface area contributed by atoms with Gasteiger partial charge in [-0.25, -0.2) is 0 Å². The normalized spacial score (nSPS) is 22.2. The number of aromatic nitrogens is 2. The molecule has 2 atom stereocenters. The summed E-state index contributed by atoms with van der Waals surface area (Å²) < 4.78 is 15.1. The van der Waals surface area contributed by atoms with Gasteiger partial charge in [0, 0.05) is 54.6 Å². The largest absolute Gasteiger partial charge is 0.493 e. The molecule has 1 aliphatic carbocycles. The van der Waals surface area contributed by atoms with E-state index in [2.05, 4.69) is 68.0 Å². The topological polar surface area (TPSA) is 63.1 Å². The Morgan fingerprint density at radius 2 is 1.68 bits per heavy atom. The van der Waals surface area contributed by atoms with Crippen molar-refractivity contribution in [2.75, 3.05) is 33.9 Å². The number of allylic oxidation sites excluding steroid dienone is 2. The molecular formula is C30H35N5O2S. The minimum atomic E-state index is 0.456. The Kier molecular flexibility index (Phi) is 7.42. The van der Waals surface area contributed by atoms with Gasteiger partial charge in [-0.1, -0.05) is 40.9 Å². The average molecular weight is 530 g/mol. The molecule has 0 saturated carbocycles. The smallest absolute Gasteiger partial charge is 0.161 e. The molecule has 8 heteroatoms. The Bertz CT molecular complexity index is 1280. The molecule has 0 unspecified atom stereocenters. The number of hydrazone groups is 1. The number of benzene rings is 2. The molecule has 7 nitrogen and oxygen atoms in total. The predicted octanol–water partition coefficient (Wildman–Crippen LogP) is 5.49. The highest BCUT2D eigenvalue weighted by Crippen LogP contribution is 2.37. The molecule has 0 N–H and O–H groups in total. The van der Waals surface area contributed by atoms with Crippen molar-refractivity contribution in [1.82, 2.24) is 19.5 Å². The number of likely N-dealkylation sites (tertiary alicyclic amines) is 1. The summed E-state index contributed by atoms with van der Waals surface area (Å²) in [5.41, 5.74) is 5.77. The van der Waals surface area contributed by atoms with Gasteiger partial charge in [-0.05, 0) is 66.9 Å². The summed E-state index contributed by atoms with van der Waals surface area (Å²) in [6.07, 6.45) is 9.14. The van der Waals surface area contributed by atoms with Gasteiger partial charge in [-0.15, -0.1) is 5.10 Å². The standard InChI is InChI=1S/C30H35N5O2S/c1-36-28-12-11-23(17-29(28)37-2)30-26-6-4-3-5-24(26)19-35(32-30)25-13-15-34(16-14-25)18-21-7-9-22(10-8-21)27-20-38-33-31-27/h3-4,7-12,17,20,24-26H,5-6,13-16,18-19H2,1-2H3/t24-,26-/m0/s1. The van der Waals surface area contributed by atoms with Gasteiger partial charge in [0.15, 0.2) is 11.5 Å². The Labute approximate surface area is 228 Å². The van der Waals surface area contributed by atoms with Crippen LogP contribution in [0.5, 0.6) is 11.5 Å². The van der Waals surface area contributed by atoms with Crippen LogP contribution in [-0.4, -0.2) is 65.1 Å². The second-order valence-electron chi connectivity index (χ2n) is 10.5. The second kappa shape index (κ2) is 11.3. The number of ether oxygens (including phenoxy) is 2. The van der Waals surface area contributed by atoms with Crippen LogP contribution in [0.4, 0.5) is 0 Å². The molecule has 3 aliphatic rings. The molecular weight excluding hydrogens is 494 g/mol. The zero-order chi connectivity index (χ0) is 25.9. The molecule has 198 valence electrons. The van der Waals surface area contributed by atoms with Gasteiger partial charge in [-0.2, -0.15) is 5.10 Å².